The molecule has 94 valence electrons. The number of aromatic nitrogens is 2. The van der Waals surface area contributed by atoms with E-state index >= 15 is 0 Å². The molecule has 3 heterocycles. The van der Waals surface area contributed by atoms with E-state index in [1.54, 1.807) is 11.3 Å². The van der Waals surface area contributed by atoms with Crippen molar-refractivity contribution >= 4 is 54.1 Å². The van der Waals surface area contributed by atoms with Crippen molar-refractivity contribution in [2.24, 2.45) is 0 Å². The number of rotatable bonds is 1. The summed E-state index contributed by atoms with van der Waals surface area (Å²) in [5.74, 6) is 1.38. The van der Waals surface area contributed by atoms with E-state index in [-0.39, 0.29) is 0 Å². The van der Waals surface area contributed by atoms with Crippen LogP contribution in [0, 0.1) is 0 Å². The summed E-state index contributed by atoms with van der Waals surface area (Å²) >= 11 is 11.1. The number of hydrogen-bond acceptors (Lipinski definition) is 4. The van der Waals surface area contributed by atoms with Gasteiger partial charge in [-0.1, -0.05) is 24.3 Å². The van der Waals surface area contributed by atoms with Gasteiger partial charge in [-0.2, -0.15) is 0 Å². The predicted octanol–water partition coefficient (Wildman–Crippen LogP) is 4.26. The van der Waals surface area contributed by atoms with E-state index in [2.05, 4.69) is 57.0 Å². The Morgan fingerprint density at radius 3 is 3.00 bits per heavy atom. The SMILES string of the molecule is CC1C=CN(C)c2sc3nc(CCl)nc(Br)c3c21. The van der Waals surface area contributed by atoms with Crippen LogP contribution in [0.1, 0.15) is 24.2 Å². The van der Waals surface area contributed by atoms with Gasteiger partial charge in [0.05, 0.1) is 11.3 Å². The van der Waals surface area contributed by atoms with Gasteiger partial charge in [-0.15, -0.1) is 11.6 Å². The molecule has 1 unspecified atom stereocenters. The molecule has 1 atom stereocenters. The van der Waals surface area contributed by atoms with Crippen LogP contribution in [0.2, 0.25) is 0 Å². The highest BCUT2D eigenvalue weighted by atomic mass is 79.9. The minimum atomic E-state index is 0.334. The van der Waals surface area contributed by atoms with Crippen LogP contribution in [-0.4, -0.2) is 17.0 Å². The monoisotopic (exact) mass is 343 g/mol. The third-order valence-electron chi connectivity index (χ3n) is 3.06. The molecule has 2 aromatic rings. The first-order valence-electron chi connectivity index (χ1n) is 5.57. The fraction of sp³-hybridized carbons (Fsp3) is 0.333. The van der Waals surface area contributed by atoms with E-state index in [1.807, 2.05) is 0 Å². The van der Waals surface area contributed by atoms with Crippen LogP contribution in [0.25, 0.3) is 10.2 Å². The van der Waals surface area contributed by atoms with E-state index in [0.717, 1.165) is 14.8 Å². The van der Waals surface area contributed by atoms with Crippen molar-refractivity contribution in [1.82, 2.24) is 9.97 Å². The topological polar surface area (TPSA) is 29.0 Å². The largest absolute Gasteiger partial charge is 0.343 e. The minimum absolute atomic E-state index is 0.334. The van der Waals surface area contributed by atoms with E-state index in [9.17, 15) is 0 Å². The highest BCUT2D eigenvalue weighted by molar-refractivity contribution is 9.10. The van der Waals surface area contributed by atoms with Crippen molar-refractivity contribution in [3.63, 3.8) is 0 Å². The zero-order valence-electron chi connectivity index (χ0n) is 9.94. The van der Waals surface area contributed by atoms with Crippen molar-refractivity contribution in [3.05, 3.63) is 28.3 Å². The summed E-state index contributed by atoms with van der Waals surface area (Å²) in [6.07, 6.45) is 4.29. The second-order valence-electron chi connectivity index (χ2n) is 4.31. The lowest BCUT2D eigenvalue weighted by molar-refractivity contribution is 0.937. The first-order valence-corrected chi connectivity index (χ1v) is 7.72. The fourth-order valence-electron chi connectivity index (χ4n) is 2.18. The maximum Gasteiger partial charge on any atom is 0.146 e. The van der Waals surface area contributed by atoms with Gasteiger partial charge in [-0.25, -0.2) is 9.97 Å². The summed E-state index contributed by atoms with van der Waals surface area (Å²) in [7, 11) is 2.06. The van der Waals surface area contributed by atoms with Gasteiger partial charge >= 0.3 is 0 Å². The molecule has 0 amide bonds. The average Bonchev–Trinajstić information content (AvgIpc) is 2.74. The predicted molar refractivity (Wildman–Crippen MR) is 80.6 cm³/mol. The minimum Gasteiger partial charge on any atom is -0.343 e. The molecule has 1 aliphatic rings. The molecule has 3 rings (SSSR count). The summed E-state index contributed by atoms with van der Waals surface area (Å²) in [5.41, 5.74) is 1.30. The molecule has 6 heteroatoms. The van der Waals surface area contributed by atoms with E-state index < -0.39 is 0 Å². The van der Waals surface area contributed by atoms with Crippen molar-refractivity contribution in [2.75, 3.05) is 11.9 Å². The Hall–Kier alpha value is -0.650. The Bertz CT molecular complexity index is 652. The van der Waals surface area contributed by atoms with Crippen molar-refractivity contribution in [2.45, 2.75) is 18.7 Å². The second kappa shape index (κ2) is 4.47. The highest BCUT2D eigenvalue weighted by Crippen LogP contribution is 2.46. The summed E-state index contributed by atoms with van der Waals surface area (Å²) < 4.78 is 0.844. The summed E-state index contributed by atoms with van der Waals surface area (Å²) in [5, 5.41) is 2.36. The van der Waals surface area contributed by atoms with Gasteiger partial charge in [0, 0.05) is 24.7 Å². The van der Waals surface area contributed by atoms with E-state index in [4.69, 9.17) is 11.6 Å². The lowest BCUT2D eigenvalue weighted by Crippen LogP contribution is -2.13. The number of halogens is 2. The summed E-state index contributed by atoms with van der Waals surface area (Å²) in [4.78, 5) is 12.1. The molecule has 0 fully saturated rings. The van der Waals surface area contributed by atoms with Gasteiger partial charge in [0.25, 0.3) is 0 Å². The molecular formula is C12H11BrClN3S. The van der Waals surface area contributed by atoms with Crippen LogP contribution < -0.4 is 4.90 Å². The van der Waals surface area contributed by atoms with Crippen LogP contribution in [0.4, 0.5) is 5.00 Å². The number of allylic oxidation sites excluding steroid dienone is 1. The van der Waals surface area contributed by atoms with Crippen LogP contribution in [0.15, 0.2) is 16.9 Å². The summed E-state index contributed by atoms with van der Waals surface area (Å²) in [6, 6.07) is 0. The highest BCUT2D eigenvalue weighted by Gasteiger charge is 2.24. The van der Waals surface area contributed by atoms with Crippen molar-refractivity contribution in [3.8, 4) is 0 Å². The van der Waals surface area contributed by atoms with Gasteiger partial charge in [0.15, 0.2) is 0 Å². The molecule has 0 spiro atoms. The molecule has 0 saturated heterocycles. The van der Waals surface area contributed by atoms with Crippen LogP contribution in [0.3, 0.4) is 0 Å². The molecule has 3 nitrogen and oxygen atoms in total. The van der Waals surface area contributed by atoms with Gasteiger partial charge in [0.1, 0.15) is 20.3 Å². The molecule has 0 bridgehead atoms. The van der Waals surface area contributed by atoms with Crippen LogP contribution >= 0.6 is 38.9 Å². The standard InChI is InChI=1S/C12H11BrClN3S/c1-6-3-4-17(2)12-8(6)9-10(13)15-7(5-14)16-11(9)18-12/h3-4,6H,5H2,1-2H3. The average molecular weight is 345 g/mol. The van der Waals surface area contributed by atoms with Crippen molar-refractivity contribution < 1.29 is 0 Å². The number of alkyl halides is 1. The lowest BCUT2D eigenvalue weighted by Gasteiger charge is -2.22. The maximum atomic E-state index is 5.82. The van der Waals surface area contributed by atoms with E-state index in [0.29, 0.717) is 17.6 Å². The fourth-order valence-corrected chi connectivity index (χ4v) is 4.28. The Kier molecular flexibility index (Phi) is 3.08. The lowest BCUT2D eigenvalue weighted by atomic mass is 9.99. The Morgan fingerprint density at radius 1 is 1.50 bits per heavy atom. The van der Waals surface area contributed by atoms with Gasteiger partial charge < -0.3 is 4.90 Å². The molecule has 1 aliphatic heterocycles. The molecule has 0 saturated carbocycles. The quantitative estimate of drug-likeness (QED) is 0.572. The zero-order chi connectivity index (χ0) is 12.9. The normalized spacial score (nSPS) is 18.4. The Labute approximate surface area is 123 Å². The van der Waals surface area contributed by atoms with Crippen LogP contribution in [0.5, 0.6) is 0 Å². The maximum absolute atomic E-state index is 5.82. The molecule has 0 N–H and O–H groups in total. The third kappa shape index (κ3) is 1.76. The zero-order valence-corrected chi connectivity index (χ0v) is 13.1. The van der Waals surface area contributed by atoms with Gasteiger partial charge in [-0.05, 0) is 15.9 Å². The molecule has 0 radical (unpaired) electrons. The molecular weight excluding hydrogens is 334 g/mol. The number of anilines is 1. The van der Waals surface area contributed by atoms with Crippen LogP contribution in [-0.2, 0) is 5.88 Å². The summed E-state index contributed by atoms with van der Waals surface area (Å²) in [6.45, 7) is 2.19. The Morgan fingerprint density at radius 2 is 2.28 bits per heavy atom. The van der Waals surface area contributed by atoms with Gasteiger partial charge in [-0.3, -0.25) is 0 Å². The van der Waals surface area contributed by atoms with Crippen molar-refractivity contribution in [1.29, 1.82) is 0 Å². The van der Waals surface area contributed by atoms with Gasteiger partial charge in [0.2, 0.25) is 0 Å². The molecule has 18 heavy (non-hydrogen) atoms. The molecule has 0 aromatic carbocycles. The first-order chi connectivity index (χ1) is 8.61. The second-order valence-corrected chi connectivity index (χ2v) is 6.30. The molecule has 2 aromatic heterocycles. The number of thiophene rings is 1. The van der Waals surface area contributed by atoms with E-state index in [1.165, 1.54) is 10.6 Å². The smallest absolute Gasteiger partial charge is 0.146 e. The number of nitrogens with zero attached hydrogens (tertiary/aromatic N) is 3. The number of fused-ring (bicyclic) bond motifs is 3. The first kappa shape index (κ1) is 12.4. The number of hydrogen-bond donors (Lipinski definition) is 0. The third-order valence-corrected chi connectivity index (χ3v) is 5.07. The Balaban J connectivity index is 2.35. The molecule has 0 aliphatic carbocycles.